The Morgan fingerprint density at radius 1 is 0.903 bits per heavy atom. The minimum atomic E-state index is -3.08. The Morgan fingerprint density at radius 3 is 1.84 bits per heavy atom. The van der Waals surface area contributed by atoms with E-state index in [4.69, 9.17) is 4.74 Å². The molecule has 0 unspecified atom stereocenters. The molecule has 168 valence electrons. The third kappa shape index (κ3) is 6.40. The fourth-order valence-corrected chi connectivity index (χ4v) is 4.82. The second-order valence-corrected chi connectivity index (χ2v) is 11.4. The summed E-state index contributed by atoms with van der Waals surface area (Å²) in [7, 11) is -3.08. The summed E-state index contributed by atoms with van der Waals surface area (Å²) in [6.07, 6.45) is 1.85. The van der Waals surface area contributed by atoms with Gasteiger partial charge in [0.1, 0.15) is 0 Å². The molecule has 1 aliphatic rings. The van der Waals surface area contributed by atoms with Crippen LogP contribution in [0.4, 0.5) is 0 Å². The summed E-state index contributed by atoms with van der Waals surface area (Å²) >= 11 is 0. The maximum atomic E-state index is 12.8. The van der Waals surface area contributed by atoms with Gasteiger partial charge in [-0.05, 0) is 69.4 Å². The van der Waals surface area contributed by atoms with Crippen molar-refractivity contribution in [3.8, 4) is 0 Å². The molecule has 2 atom stereocenters. The number of ether oxygens (including phenoxy) is 1. The summed E-state index contributed by atoms with van der Waals surface area (Å²) in [5.74, 6) is 0.140. The SMILES string of the molecule is CC(C)S(=O)(=O)Cc1ccc(CCc2ccc(C(=O)N3C[C@@H](C)O[C@@H](C)C3)cc2)cc1. The number of rotatable bonds is 7. The molecule has 0 aliphatic carbocycles. The molecule has 0 aromatic heterocycles. The van der Waals surface area contributed by atoms with Gasteiger partial charge in [0.25, 0.3) is 5.91 Å². The fraction of sp³-hybridized carbons (Fsp3) is 0.480. The Hall–Kier alpha value is -2.18. The van der Waals surface area contributed by atoms with Crippen LogP contribution in [0.3, 0.4) is 0 Å². The highest BCUT2D eigenvalue weighted by Crippen LogP contribution is 2.17. The van der Waals surface area contributed by atoms with Crippen molar-refractivity contribution in [2.24, 2.45) is 0 Å². The zero-order valence-electron chi connectivity index (χ0n) is 18.9. The lowest BCUT2D eigenvalue weighted by molar-refractivity contribution is -0.0586. The zero-order valence-corrected chi connectivity index (χ0v) is 19.7. The first-order valence-electron chi connectivity index (χ1n) is 11.0. The monoisotopic (exact) mass is 443 g/mol. The third-order valence-electron chi connectivity index (χ3n) is 5.72. The van der Waals surface area contributed by atoms with Crippen LogP contribution in [0.25, 0.3) is 0 Å². The van der Waals surface area contributed by atoms with Gasteiger partial charge in [-0.1, -0.05) is 36.4 Å². The predicted octanol–water partition coefficient (Wildman–Crippen LogP) is 4.04. The molecule has 31 heavy (non-hydrogen) atoms. The number of hydrogen-bond donors (Lipinski definition) is 0. The van der Waals surface area contributed by atoms with Gasteiger partial charge in [0.05, 0.1) is 23.2 Å². The van der Waals surface area contributed by atoms with Crippen LogP contribution < -0.4 is 0 Å². The van der Waals surface area contributed by atoms with Crippen LogP contribution in [0.15, 0.2) is 48.5 Å². The Balaban J connectivity index is 1.55. The molecule has 2 aromatic carbocycles. The van der Waals surface area contributed by atoms with Crippen LogP contribution in [0.1, 0.15) is 54.7 Å². The summed E-state index contributed by atoms with van der Waals surface area (Å²) in [5.41, 5.74) is 3.88. The number of carbonyl (C=O) groups excluding carboxylic acids is 1. The van der Waals surface area contributed by atoms with Crippen LogP contribution in [0.2, 0.25) is 0 Å². The van der Waals surface area contributed by atoms with Crippen LogP contribution >= 0.6 is 0 Å². The highest BCUT2D eigenvalue weighted by atomic mass is 32.2. The summed E-state index contributed by atoms with van der Waals surface area (Å²) < 4.78 is 29.9. The van der Waals surface area contributed by atoms with Gasteiger partial charge in [-0.25, -0.2) is 8.42 Å². The standard InChI is InChI=1S/C25H33NO4S/c1-18(2)31(28,29)17-23-9-7-21(8-10-23)5-6-22-11-13-24(14-12-22)25(27)26-15-19(3)30-20(4)16-26/h7-14,18-20H,5-6,15-17H2,1-4H3/t19-,20+. The van der Waals surface area contributed by atoms with Gasteiger partial charge in [-0.2, -0.15) is 0 Å². The molecule has 1 amide bonds. The molecular formula is C25H33NO4S. The van der Waals surface area contributed by atoms with Crippen molar-refractivity contribution in [1.82, 2.24) is 4.90 Å². The number of amides is 1. The second-order valence-electron chi connectivity index (χ2n) is 8.84. The fourth-order valence-electron chi connectivity index (χ4n) is 3.83. The summed E-state index contributed by atoms with van der Waals surface area (Å²) in [6.45, 7) is 8.66. The Labute approximate surface area is 186 Å². The first-order chi connectivity index (χ1) is 14.6. The van der Waals surface area contributed by atoms with Crippen LogP contribution in [-0.4, -0.2) is 49.8 Å². The normalized spacial score (nSPS) is 19.6. The van der Waals surface area contributed by atoms with Crippen molar-refractivity contribution in [1.29, 1.82) is 0 Å². The maximum absolute atomic E-state index is 12.8. The molecule has 1 saturated heterocycles. The molecule has 0 saturated carbocycles. The van der Waals surface area contributed by atoms with E-state index in [-0.39, 0.29) is 29.1 Å². The highest BCUT2D eigenvalue weighted by Gasteiger charge is 2.26. The van der Waals surface area contributed by atoms with E-state index in [0.29, 0.717) is 18.7 Å². The lowest BCUT2D eigenvalue weighted by atomic mass is 10.0. The third-order valence-corrected chi connectivity index (χ3v) is 7.89. The topological polar surface area (TPSA) is 63.7 Å². The Kier molecular flexibility index (Phi) is 7.55. The molecule has 2 aromatic rings. The molecule has 6 heteroatoms. The number of nitrogens with zero attached hydrogens (tertiary/aromatic N) is 1. The number of sulfone groups is 1. The minimum absolute atomic E-state index is 0.0560. The highest BCUT2D eigenvalue weighted by molar-refractivity contribution is 7.91. The summed E-state index contributed by atoms with van der Waals surface area (Å²) in [4.78, 5) is 14.7. The van der Waals surface area contributed by atoms with Crippen molar-refractivity contribution >= 4 is 15.7 Å². The van der Waals surface area contributed by atoms with Crippen molar-refractivity contribution in [3.63, 3.8) is 0 Å². The second kappa shape index (κ2) is 9.96. The average molecular weight is 444 g/mol. The number of morpholine rings is 1. The van der Waals surface area contributed by atoms with Gasteiger partial charge in [0, 0.05) is 18.7 Å². The van der Waals surface area contributed by atoms with Crippen LogP contribution in [0.5, 0.6) is 0 Å². The molecule has 0 spiro atoms. The largest absolute Gasteiger partial charge is 0.372 e. The molecule has 1 aliphatic heterocycles. The van der Waals surface area contributed by atoms with E-state index in [1.807, 2.05) is 67.3 Å². The lowest BCUT2D eigenvalue weighted by Gasteiger charge is -2.35. The smallest absolute Gasteiger partial charge is 0.254 e. The van der Waals surface area contributed by atoms with E-state index in [9.17, 15) is 13.2 Å². The van der Waals surface area contributed by atoms with E-state index in [0.717, 1.165) is 18.4 Å². The summed E-state index contributed by atoms with van der Waals surface area (Å²) in [6, 6.07) is 15.7. The van der Waals surface area contributed by atoms with Crippen LogP contribution in [0, 0.1) is 0 Å². The molecule has 3 rings (SSSR count). The molecule has 0 bridgehead atoms. The van der Waals surface area contributed by atoms with Gasteiger partial charge < -0.3 is 9.64 Å². The Morgan fingerprint density at radius 2 is 1.35 bits per heavy atom. The number of benzene rings is 2. The predicted molar refractivity (Wildman–Crippen MR) is 124 cm³/mol. The minimum Gasteiger partial charge on any atom is -0.372 e. The molecule has 5 nitrogen and oxygen atoms in total. The van der Waals surface area contributed by atoms with E-state index in [2.05, 4.69) is 0 Å². The molecule has 1 fully saturated rings. The zero-order chi connectivity index (χ0) is 22.6. The van der Waals surface area contributed by atoms with Crippen molar-refractivity contribution < 1.29 is 17.9 Å². The van der Waals surface area contributed by atoms with Crippen molar-refractivity contribution in [3.05, 3.63) is 70.8 Å². The number of aryl methyl sites for hydroxylation is 2. The van der Waals surface area contributed by atoms with E-state index >= 15 is 0 Å². The van der Waals surface area contributed by atoms with E-state index in [1.165, 1.54) is 11.1 Å². The lowest BCUT2D eigenvalue weighted by Crippen LogP contribution is -2.48. The Bertz CT molecular complexity index is 971. The number of hydrogen-bond acceptors (Lipinski definition) is 4. The maximum Gasteiger partial charge on any atom is 0.254 e. The van der Waals surface area contributed by atoms with Crippen molar-refractivity contribution in [2.45, 2.75) is 63.7 Å². The van der Waals surface area contributed by atoms with E-state index < -0.39 is 9.84 Å². The summed E-state index contributed by atoms with van der Waals surface area (Å²) in [5, 5.41) is -0.364. The van der Waals surface area contributed by atoms with Gasteiger partial charge in [0.15, 0.2) is 9.84 Å². The van der Waals surface area contributed by atoms with Crippen molar-refractivity contribution in [2.75, 3.05) is 13.1 Å². The van der Waals surface area contributed by atoms with Gasteiger partial charge in [-0.15, -0.1) is 0 Å². The molecule has 0 N–H and O–H groups in total. The first kappa shape index (κ1) is 23.5. The van der Waals surface area contributed by atoms with Gasteiger partial charge >= 0.3 is 0 Å². The van der Waals surface area contributed by atoms with Crippen LogP contribution in [-0.2, 0) is 33.2 Å². The molecule has 1 heterocycles. The quantitative estimate of drug-likeness (QED) is 0.648. The van der Waals surface area contributed by atoms with Gasteiger partial charge in [0.2, 0.25) is 0 Å². The molecule has 0 radical (unpaired) electrons. The average Bonchev–Trinajstić information content (AvgIpc) is 2.72. The molecular weight excluding hydrogens is 410 g/mol. The number of carbonyl (C=O) groups is 1. The van der Waals surface area contributed by atoms with Gasteiger partial charge in [-0.3, -0.25) is 4.79 Å². The van der Waals surface area contributed by atoms with E-state index in [1.54, 1.807) is 13.8 Å². The first-order valence-corrected chi connectivity index (χ1v) is 12.7.